The van der Waals surface area contributed by atoms with Crippen molar-refractivity contribution in [1.29, 1.82) is 0 Å². The van der Waals surface area contributed by atoms with E-state index < -0.39 is 24.5 Å². The first kappa shape index (κ1) is 15.8. The Balaban J connectivity index is 1.84. The third kappa shape index (κ3) is 3.97. The van der Waals surface area contributed by atoms with Crippen molar-refractivity contribution in [3.8, 4) is 5.75 Å². The Morgan fingerprint density at radius 3 is 2.59 bits per heavy atom. The molecule has 1 fully saturated rings. The van der Waals surface area contributed by atoms with Crippen LogP contribution in [0.2, 0.25) is 0 Å². The highest BCUT2D eigenvalue weighted by Crippen LogP contribution is 2.13. The van der Waals surface area contributed by atoms with E-state index in [2.05, 4.69) is 5.32 Å². The fraction of sp³-hybridized carbons (Fsp3) is 0.400. The number of nitrogens with one attached hydrogen (secondary N) is 1. The van der Waals surface area contributed by atoms with E-state index >= 15 is 0 Å². The second-order valence-corrected chi connectivity index (χ2v) is 4.73. The zero-order chi connectivity index (χ0) is 15.9. The maximum Gasteiger partial charge on any atom is 0.338 e. The van der Waals surface area contributed by atoms with Crippen molar-refractivity contribution in [3.63, 3.8) is 0 Å². The summed E-state index contributed by atoms with van der Waals surface area (Å²) in [5.74, 6) is -0.482. The van der Waals surface area contributed by atoms with E-state index in [0.29, 0.717) is 31.0 Å². The molecule has 0 saturated carbocycles. The zero-order valence-corrected chi connectivity index (χ0v) is 12.3. The summed E-state index contributed by atoms with van der Waals surface area (Å²) in [5, 5.41) is 2.50. The smallest absolute Gasteiger partial charge is 0.338 e. The van der Waals surface area contributed by atoms with Crippen molar-refractivity contribution < 1.29 is 23.9 Å². The van der Waals surface area contributed by atoms with Gasteiger partial charge >= 0.3 is 12.0 Å². The first-order chi connectivity index (χ1) is 10.6. The summed E-state index contributed by atoms with van der Waals surface area (Å²) in [6.45, 7) is 2.86. The van der Waals surface area contributed by atoms with E-state index in [-0.39, 0.29) is 0 Å². The lowest BCUT2D eigenvalue weighted by atomic mass is 10.2. The van der Waals surface area contributed by atoms with Gasteiger partial charge in [-0.25, -0.2) is 9.59 Å². The predicted molar refractivity (Wildman–Crippen MR) is 77.6 cm³/mol. The molecule has 0 aromatic heterocycles. The molecule has 1 aromatic carbocycles. The molecule has 118 valence electrons. The Hall–Kier alpha value is -2.57. The van der Waals surface area contributed by atoms with Gasteiger partial charge in [0.2, 0.25) is 0 Å². The Morgan fingerprint density at radius 2 is 2.00 bits per heavy atom. The summed E-state index contributed by atoms with van der Waals surface area (Å²) in [6, 6.07) is 6.02. The molecule has 22 heavy (non-hydrogen) atoms. The van der Waals surface area contributed by atoms with Crippen molar-refractivity contribution in [2.75, 3.05) is 26.3 Å². The van der Waals surface area contributed by atoms with Gasteiger partial charge in [0, 0.05) is 13.1 Å². The van der Waals surface area contributed by atoms with Crippen LogP contribution in [0.1, 0.15) is 23.7 Å². The number of rotatable bonds is 6. The molecule has 7 heteroatoms. The highest BCUT2D eigenvalue weighted by Gasteiger charge is 2.26. The molecule has 2 rings (SSSR count). The number of carbonyl (C=O) groups excluding carboxylic acids is 3. The number of amides is 3. The summed E-state index contributed by atoms with van der Waals surface area (Å²) in [6.07, 6.45) is 0.899. The average Bonchev–Trinajstić information content (AvgIpc) is 2.97. The molecule has 0 bridgehead atoms. The minimum absolute atomic E-state index is 0.290. The van der Waals surface area contributed by atoms with E-state index in [9.17, 15) is 14.4 Å². The Labute approximate surface area is 128 Å². The molecule has 0 radical (unpaired) electrons. The van der Waals surface area contributed by atoms with Crippen LogP contribution < -0.4 is 10.1 Å². The number of carbonyl (C=O) groups is 3. The third-order valence-corrected chi connectivity index (χ3v) is 3.05. The molecule has 1 aliphatic rings. The maximum absolute atomic E-state index is 11.8. The Morgan fingerprint density at radius 1 is 1.27 bits per heavy atom. The second kappa shape index (κ2) is 7.44. The quantitative estimate of drug-likeness (QED) is 0.798. The van der Waals surface area contributed by atoms with Crippen LogP contribution in [0.4, 0.5) is 4.79 Å². The van der Waals surface area contributed by atoms with Gasteiger partial charge in [0.25, 0.3) is 5.91 Å². The van der Waals surface area contributed by atoms with Crippen LogP contribution in [-0.2, 0) is 9.53 Å². The molecule has 0 spiro atoms. The van der Waals surface area contributed by atoms with Crippen LogP contribution in [0.3, 0.4) is 0 Å². The number of urea groups is 1. The fourth-order valence-corrected chi connectivity index (χ4v) is 1.91. The van der Waals surface area contributed by atoms with Gasteiger partial charge < -0.3 is 14.8 Å². The predicted octanol–water partition coefficient (Wildman–Crippen LogP) is 1.18. The van der Waals surface area contributed by atoms with Gasteiger partial charge in [-0.2, -0.15) is 0 Å². The highest BCUT2D eigenvalue weighted by atomic mass is 16.5. The second-order valence-electron chi connectivity index (χ2n) is 4.73. The van der Waals surface area contributed by atoms with Crippen molar-refractivity contribution in [2.45, 2.75) is 13.3 Å². The fourth-order valence-electron chi connectivity index (χ4n) is 1.91. The van der Waals surface area contributed by atoms with Gasteiger partial charge in [0.15, 0.2) is 6.61 Å². The van der Waals surface area contributed by atoms with Crippen LogP contribution >= 0.6 is 0 Å². The first-order valence-electron chi connectivity index (χ1n) is 7.10. The Bertz CT molecular complexity index is 556. The summed E-state index contributed by atoms with van der Waals surface area (Å²) in [7, 11) is 0. The van der Waals surface area contributed by atoms with Crippen molar-refractivity contribution in [2.24, 2.45) is 0 Å². The van der Waals surface area contributed by atoms with Gasteiger partial charge in [0.05, 0.1) is 12.2 Å². The summed E-state index contributed by atoms with van der Waals surface area (Å²) < 4.78 is 10.3. The molecule has 0 atom stereocenters. The monoisotopic (exact) mass is 306 g/mol. The number of hydrogen-bond donors (Lipinski definition) is 1. The largest absolute Gasteiger partial charge is 0.494 e. The van der Waals surface area contributed by atoms with Gasteiger partial charge in [-0.3, -0.25) is 9.69 Å². The molecule has 3 amide bonds. The molecule has 1 aromatic rings. The van der Waals surface area contributed by atoms with Crippen LogP contribution in [-0.4, -0.2) is 49.1 Å². The van der Waals surface area contributed by atoms with Gasteiger partial charge in [0.1, 0.15) is 5.75 Å². The lowest BCUT2D eigenvalue weighted by molar-refractivity contribution is -0.130. The number of nitrogens with zero attached hydrogens (tertiary/aromatic N) is 1. The first-order valence-corrected chi connectivity index (χ1v) is 7.10. The number of hydrogen-bond acceptors (Lipinski definition) is 5. The summed E-state index contributed by atoms with van der Waals surface area (Å²) in [4.78, 5) is 35.9. The standard InChI is InChI=1S/C15H18N2O5/c1-2-9-21-12-5-3-11(4-6-12)14(19)22-10-13(18)17-8-7-16-15(17)20/h3-6H,2,7-10H2,1H3,(H,16,20). The molecular formula is C15H18N2O5. The van der Waals surface area contributed by atoms with Crippen LogP contribution in [0.15, 0.2) is 24.3 Å². The van der Waals surface area contributed by atoms with Gasteiger partial charge in [-0.05, 0) is 30.7 Å². The maximum atomic E-state index is 11.8. The minimum atomic E-state index is -0.616. The topological polar surface area (TPSA) is 84.9 Å². The third-order valence-electron chi connectivity index (χ3n) is 3.05. The molecule has 0 unspecified atom stereocenters. The SMILES string of the molecule is CCCOc1ccc(C(=O)OCC(=O)N2CCNC2=O)cc1. The lowest BCUT2D eigenvalue weighted by Crippen LogP contribution is -2.37. The molecule has 1 N–H and O–H groups in total. The molecule has 1 heterocycles. The van der Waals surface area contributed by atoms with Crippen LogP contribution in [0, 0.1) is 0 Å². The zero-order valence-electron chi connectivity index (χ0n) is 12.3. The van der Waals surface area contributed by atoms with Crippen molar-refractivity contribution in [1.82, 2.24) is 10.2 Å². The van der Waals surface area contributed by atoms with E-state index in [1.54, 1.807) is 24.3 Å². The van der Waals surface area contributed by atoms with E-state index in [1.165, 1.54) is 0 Å². The minimum Gasteiger partial charge on any atom is -0.494 e. The van der Waals surface area contributed by atoms with Crippen molar-refractivity contribution >= 4 is 17.9 Å². The molecule has 1 saturated heterocycles. The van der Waals surface area contributed by atoms with E-state index in [4.69, 9.17) is 9.47 Å². The highest BCUT2D eigenvalue weighted by molar-refractivity contribution is 5.98. The van der Waals surface area contributed by atoms with Crippen LogP contribution in [0.5, 0.6) is 5.75 Å². The molecule has 0 aliphatic carbocycles. The van der Waals surface area contributed by atoms with Gasteiger partial charge in [-0.1, -0.05) is 6.92 Å². The van der Waals surface area contributed by atoms with Crippen molar-refractivity contribution in [3.05, 3.63) is 29.8 Å². The number of imide groups is 1. The Kier molecular flexibility index (Phi) is 5.35. The van der Waals surface area contributed by atoms with Crippen LogP contribution in [0.25, 0.3) is 0 Å². The number of ether oxygens (including phenoxy) is 2. The van der Waals surface area contributed by atoms with E-state index in [1.807, 2.05) is 6.92 Å². The average molecular weight is 306 g/mol. The number of benzene rings is 1. The molecular weight excluding hydrogens is 288 g/mol. The van der Waals surface area contributed by atoms with E-state index in [0.717, 1.165) is 11.3 Å². The lowest BCUT2D eigenvalue weighted by Gasteiger charge is -2.12. The normalized spacial score (nSPS) is 13.7. The summed E-state index contributed by atoms with van der Waals surface area (Å²) >= 11 is 0. The number of esters is 1. The van der Waals surface area contributed by atoms with Gasteiger partial charge in [-0.15, -0.1) is 0 Å². The molecule has 1 aliphatic heterocycles. The summed E-state index contributed by atoms with van der Waals surface area (Å²) in [5.41, 5.74) is 0.322. The molecule has 7 nitrogen and oxygen atoms in total.